The third-order valence-corrected chi connectivity index (χ3v) is 4.90. The first-order valence-corrected chi connectivity index (χ1v) is 7.88. The SMILES string of the molecule is Cc1c[c]ccc1N1CCN(C2CCN(C)CC2)CC1. The van der Waals surface area contributed by atoms with Crippen LogP contribution in [0.5, 0.6) is 0 Å². The number of rotatable bonds is 2. The van der Waals surface area contributed by atoms with Crippen molar-refractivity contribution < 1.29 is 0 Å². The zero-order chi connectivity index (χ0) is 13.9. The maximum atomic E-state index is 3.16. The molecule has 2 aliphatic rings. The van der Waals surface area contributed by atoms with Gasteiger partial charge in [-0.3, -0.25) is 4.90 Å². The van der Waals surface area contributed by atoms with E-state index in [0.717, 1.165) is 19.1 Å². The topological polar surface area (TPSA) is 9.72 Å². The molecule has 2 heterocycles. The van der Waals surface area contributed by atoms with Crippen molar-refractivity contribution in [2.24, 2.45) is 0 Å². The maximum Gasteiger partial charge on any atom is 0.0397 e. The molecule has 0 aromatic heterocycles. The summed E-state index contributed by atoms with van der Waals surface area (Å²) in [6.07, 6.45) is 2.69. The lowest BCUT2D eigenvalue weighted by molar-refractivity contribution is 0.115. The summed E-state index contributed by atoms with van der Waals surface area (Å²) >= 11 is 0. The summed E-state index contributed by atoms with van der Waals surface area (Å²) in [5.74, 6) is 0. The Balaban J connectivity index is 1.56. The molecule has 0 saturated carbocycles. The van der Waals surface area contributed by atoms with E-state index in [1.807, 2.05) is 6.07 Å². The van der Waals surface area contributed by atoms with Crippen LogP contribution in [0.25, 0.3) is 0 Å². The highest BCUT2D eigenvalue weighted by Gasteiger charge is 2.26. The van der Waals surface area contributed by atoms with Crippen molar-refractivity contribution in [1.29, 1.82) is 0 Å². The van der Waals surface area contributed by atoms with Crippen molar-refractivity contribution in [3.05, 3.63) is 29.8 Å². The predicted molar refractivity (Wildman–Crippen MR) is 84.3 cm³/mol. The van der Waals surface area contributed by atoms with Crippen LogP contribution in [0.1, 0.15) is 18.4 Å². The second-order valence-electron chi connectivity index (χ2n) is 6.27. The first kappa shape index (κ1) is 13.9. The zero-order valence-corrected chi connectivity index (χ0v) is 12.8. The van der Waals surface area contributed by atoms with Crippen LogP contribution in [0.3, 0.4) is 0 Å². The quantitative estimate of drug-likeness (QED) is 0.815. The van der Waals surface area contributed by atoms with E-state index in [0.29, 0.717) is 0 Å². The average molecular weight is 272 g/mol. The van der Waals surface area contributed by atoms with Crippen molar-refractivity contribution >= 4 is 5.69 Å². The van der Waals surface area contributed by atoms with Crippen LogP contribution in [-0.4, -0.2) is 62.2 Å². The molecule has 0 bridgehead atoms. The number of nitrogens with zero attached hydrogens (tertiary/aromatic N) is 3. The first-order chi connectivity index (χ1) is 9.74. The predicted octanol–water partition coefficient (Wildman–Crippen LogP) is 2.01. The molecule has 109 valence electrons. The second-order valence-corrected chi connectivity index (χ2v) is 6.27. The third-order valence-electron chi connectivity index (χ3n) is 4.90. The van der Waals surface area contributed by atoms with Gasteiger partial charge in [-0.15, -0.1) is 0 Å². The largest absolute Gasteiger partial charge is 0.369 e. The number of piperidine rings is 1. The lowest BCUT2D eigenvalue weighted by Crippen LogP contribution is -2.53. The second kappa shape index (κ2) is 6.15. The zero-order valence-electron chi connectivity index (χ0n) is 12.8. The van der Waals surface area contributed by atoms with E-state index in [4.69, 9.17) is 0 Å². The summed E-state index contributed by atoms with van der Waals surface area (Å²) in [5.41, 5.74) is 2.74. The molecule has 3 heteroatoms. The molecule has 0 N–H and O–H groups in total. The van der Waals surface area contributed by atoms with Gasteiger partial charge in [0.05, 0.1) is 0 Å². The number of likely N-dealkylation sites (tertiary alicyclic amines) is 1. The Hall–Kier alpha value is -1.06. The molecule has 0 aliphatic carbocycles. The fourth-order valence-corrected chi connectivity index (χ4v) is 3.55. The number of piperazine rings is 1. The molecular weight excluding hydrogens is 246 g/mol. The minimum atomic E-state index is 0.818. The van der Waals surface area contributed by atoms with Gasteiger partial charge in [-0.1, -0.05) is 6.07 Å². The normalized spacial score (nSPS) is 23.2. The van der Waals surface area contributed by atoms with E-state index in [2.05, 4.69) is 46.9 Å². The average Bonchev–Trinajstić information content (AvgIpc) is 2.49. The van der Waals surface area contributed by atoms with E-state index in [1.165, 1.54) is 50.3 Å². The number of benzene rings is 1. The molecule has 3 nitrogen and oxygen atoms in total. The van der Waals surface area contributed by atoms with E-state index < -0.39 is 0 Å². The molecule has 0 amide bonds. The maximum absolute atomic E-state index is 3.16. The molecule has 0 spiro atoms. The Morgan fingerprint density at radius 2 is 1.75 bits per heavy atom. The fraction of sp³-hybridized carbons (Fsp3) is 0.647. The lowest BCUT2D eigenvalue weighted by Gasteiger charge is -2.43. The molecule has 0 atom stereocenters. The number of anilines is 1. The van der Waals surface area contributed by atoms with Gasteiger partial charge in [0.25, 0.3) is 0 Å². The third kappa shape index (κ3) is 2.99. The number of hydrogen-bond acceptors (Lipinski definition) is 3. The number of hydrogen-bond donors (Lipinski definition) is 0. The molecule has 0 unspecified atom stereocenters. The van der Waals surface area contributed by atoms with Crippen LogP contribution in [0.15, 0.2) is 18.2 Å². The molecule has 2 saturated heterocycles. The minimum absolute atomic E-state index is 0.818. The summed E-state index contributed by atoms with van der Waals surface area (Å²) in [6, 6.07) is 10.3. The fourth-order valence-electron chi connectivity index (χ4n) is 3.55. The van der Waals surface area contributed by atoms with Crippen molar-refractivity contribution in [1.82, 2.24) is 9.80 Å². The summed E-state index contributed by atoms with van der Waals surface area (Å²) < 4.78 is 0. The summed E-state index contributed by atoms with van der Waals surface area (Å²) in [7, 11) is 2.24. The summed E-state index contributed by atoms with van der Waals surface area (Å²) in [4.78, 5) is 7.71. The highest BCUT2D eigenvalue weighted by molar-refractivity contribution is 5.53. The van der Waals surface area contributed by atoms with E-state index in [-0.39, 0.29) is 0 Å². The van der Waals surface area contributed by atoms with Crippen LogP contribution in [0.2, 0.25) is 0 Å². The lowest BCUT2D eigenvalue weighted by atomic mass is 10.0. The Kier molecular flexibility index (Phi) is 4.27. The van der Waals surface area contributed by atoms with Crippen LogP contribution in [-0.2, 0) is 0 Å². The molecular formula is C17H26N3. The van der Waals surface area contributed by atoms with Gasteiger partial charge < -0.3 is 9.80 Å². The molecule has 1 aromatic rings. The standard InChI is InChI=1S/C17H26N3/c1-15-5-3-4-6-17(15)20-13-11-19(12-14-20)16-7-9-18(2)10-8-16/h4-6,16H,7-14H2,1-2H3. The van der Waals surface area contributed by atoms with E-state index in [9.17, 15) is 0 Å². The molecule has 3 rings (SSSR count). The van der Waals surface area contributed by atoms with Crippen molar-refractivity contribution in [3.8, 4) is 0 Å². The van der Waals surface area contributed by atoms with Crippen LogP contribution in [0, 0.1) is 13.0 Å². The molecule has 1 aromatic carbocycles. The Labute approximate surface area is 123 Å². The van der Waals surface area contributed by atoms with E-state index >= 15 is 0 Å². The van der Waals surface area contributed by atoms with Crippen LogP contribution in [0.4, 0.5) is 5.69 Å². The van der Waals surface area contributed by atoms with Gasteiger partial charge in [-0.2, -0.15) is 0 Å². The van der Waals surface area contributed by atoms with Gasteiger partial charge in [0.1, 0.15) is 0 Å². The minimum Gasteiger partial charge on any atom is -0.369 e. The van der Waals surface area contributed by atoms with Gasteiger partial charge >= 0.3 is 0 Å². The van der Waals surface area contributed by atoms with Crippen molar-refractivity contribution in [3.63, 3.8) is 0 Å². The Morgan fingerprint density at radius 1 is 1.05 bits per heavy atom. The summed E-state index contributed by atoms with van der Waals surface area (Å²) in [6.45, 7) is 9.47. The van der Waals surface area contributed by atoms with Gasteiger partial charge in [-0.05, 0) is 63.7 Å². The Morgan fingerprint density at radius 3 is 2.40 bits per heavy atom. The summed E-state index contributed by atoms with van der Waals surface area (Å²) in [5, 5.41) is 0. The highest BCUT2D eigenvalue weighted by atomic mass is 15.3. The van der Waals surface area contributed by atoms with Crippen LogP contribution < -0.4 is 4.90 Å². The highest BCUT2D eigenvalue weighted by Crippen LogP contribution is 2.23. The van der Waals surface area contributed by atoms with Crippen LogP contribution >= 0.6 is 0 Å². The molecule has 2 aliphatic heterocycles. The van der Waals surface area contributed by atoms with E-state index in [1.54, 1.807) is 0 Å². The smallest absolute Gasteiger partial charge is 0.0397 e. The Bertz CT molecular complexity index is 430. The molecule has 1 radical (unpaired) electrons. The van der Waals surface area contributed by atoms with Gasteiger partial charge in [0.2, 0.25) is 0 Å². The van der Waals surface area contributed by atoms with Crippen molar-refractivity contribution in [2.45, 2.75) is 25.8 Å². The molecule has 2 fully saturated rings. The monoisotopic (exact) mass is 272 g/mol. The first-order valence-electron chi connectivity index (χ1n) is 7.88. The van der Waals surface area contributed by atoms with Crippen molar-refractivity contribution in [2.75, 3.05) is 51.2 Å². The molecule has 20 heavy (non-hydrogen) atoms. The number of aryl methyl sites for hydroxylation is 1. The van der Waals surface area contributed by atoms with Gasteiger partial charge in [0.15, 0.2) is 0 Å². The van der Waals surface area contributed by atoms with Gasteiger partial charge in [-0.25, -0.2) is 0 Å². The van der Waals surface area contributed by atoms with Gasteiger partial charge in [0, 0.05) is 37.9 Å².